The first-order chi connectivity index (χ1) is 23.5. The zero-order chi connectivity index (χ0) is 34.5. The van der Waals surface area contributed by atoms with Crippen molar-refractivity contribution >= 4 is 20.9 Å². The van der Waals surface area contributed by atoms with E-state index >= 15 is 0 Å². The van der Waals surface area contributed by atoms with E-state index in [2.05, 4.69) is 26.0 Å². The minimum absolute atomic E-state index is 0.142. The second-order valence-electron chi connectivity index (χ2n) is 14.9. The summed E-state index contributed by atoms with van der Waals surface area (Å²) >= 11 is 0. The topological polar surface area (TPSA) is 54.4 Å². The summed E-state index contributed by atoms with van der Waals surface area (Å²) in [6.07, 6.45) is 41.7. The SMILES string of the molecule is CCCCCCCCCCCCCCCCCc1ccc2c(CCCCCCCCCCCCCCCCC)cccc2c1S(=O)(=O)O. The summed E-state index contributed by atoms with van der Waals surface area (Å²) in [6, 6.07) is 10.0. The molecule has 2 aromatic carbocycles. The van der Waals surface area contributed by atoms with E-state index in [0.717, 1.165) is 36.6 Å². The lowest BCUT2D eigenvalue weighted by Gasteiger charge is -2.14. The lowest BCUT2D eigenvalue weighted by molar-refractivity contribution is 0.482. The van der Waals surface area contributed by atoms with Crippen molar-refractivity contribution in [2.75, 3.05) is 0 Å². The summed E-state index contributed by atoms with van der Waals surface area (Å²) in [4.78, 5) is 0.142. The molecule has 0 aliphatic rings. The fourth-order valence-corrected chi connectivity index (χ4v) is 8.49. The molecule has 276 valence electrons. The Kier molecular flexibility index (Phi) is 25.2. The Balaban J connectivity index is 1.64. The molecule has 0 aliphatic heterocycles. The second kappa shape index (κ2) is 28.3. The number of fused-ring (bicyclic) bond motifs is 1. The summed E-state index contributed by atoms with van der Waals surface area (Å²) in [6.45, 7) is 4.56. The zero-order valence-electron chi connectivity index (χ0n) is 31.7. The van der Waals surface area contributed by atoms with E-state index in [-0.39, 0.29) is 4.90 Å². The average Bonchev–Trinajstić information content (AvgIpc) is 3.07. The molecule has 2 rings (SSSR count). The number of hydrogen-bond donors (Lipinski definition) is 1. The minimum Gasteiger partial charge on any atom is -0.282 e. The summed E-state index contributed by atoms with van der Waals surface area (Å²) < 4.78 is 35.5. The van der Waals surface area contributed by atoms with Crippen LogP contribution in [0, 0.1) is 0 Å². The maximum absolute atomic E-state index is 12.6. The van der Waals surface area contributed by atoms with Gasteiger partial charge in [-0.3, -0.25) is 4.55 Å². The van der Waals surface area contributed by atoms with Crippen LogP contribution in [0.3, 0.4) is 0 Å². The van der Waals surface area contributed by atoms with Gasteiger partial charge in [-0.1, -0.05) is 224 Å². The van der Waals surface area contributed by atoms with Gasteiger partial charge < -0.3 is 0 Å². The molecule has 0 fully saturated rings. The van der Waals surface area contributed by atoms with Gasteiger partial charge >= 0.3 is 0 Å². The van der Waals surface area contributed by atoms with Crippen LogP contribution >= 0.6 is 0 Å². The van der Waals surface area contributed by atoms with Gasteiger partial charge in [0.1, 0.15) is 4.90 Å². The molecule has 0 atom stereocenters. The van der Waals surface area contributed by atoms with Gasteiger partial charge in [0.05, 0.1) is 0 Å². The van der Waals surface area contributed by atoms with Gasteiger partial charge in [-0.25, -0.2) is 0 Å². The van der Waals surface area contributed by atoms with E-state index in [1.54, 1.807) is 0 Å². The molecule has 48 heavy (non-hydrogen) atoms. The van der Waals surface area contributed by atoms with Gasteiger partial charge in [0.25, 0.3) is 10.1 Å². The van der Waals surface area contributed by atoms with Crippen molar-refractivity contribution in [1.82, 2.24) is 0 Å². The van der Waals surface area contributed by atoms with Gasteiger partial charge in [0.2, 0.25) is 0 Å². The third-order valence-electron chi connectivity index (χ3n) is 10.5. The predicted molar refractivity (Wildman–Crippen MR) is 211 cm³/mol. The Morgan fingerprint density at radius 3 is 1.08 bits per heavy atom. The zero-order valence-corrected chi connectivity index (χ0v) is 32.5. The van der Waals surface area contributed by atoms with E-state index in [1.807, 2.05) is 18.2 Å². The van der Waals surface area contributed by atoms with Crippen molar-refractivity contribution in [2.45, 2.75) is 224 Å². The van der Waals surface area contributed by atoms with Crippen LogP contribution in [0.15, 0.2) is 35.2 Å². The Bertz CT molecular complexity index is 1160. The molecule has 0 heterocycles. The molecule has 0 saturated heterocycles. The van der Waals surface area contributed by atoms with Crippen LogP contribution in [0.5, 0.6) is 0 Å². The van der Waals surface area contributed by atoms with Crippen LogP contribution < -0.4 is 0 Å². The highest BCUT2D eigenvalue weighted by atomic mass is 32.2. The first kappa shape index (κ1) is 42.8. The maximum atomic E-state index is 12.6. The van der Waals surface area contributed by atoms with Crippen LogP contribution in [0.1, 0.15) is 218 Å². The molecule has 2 aromatic rings. The molecular weight excluding hydrogens is 609 g/mol. The molecular formula is C44H76O3S. The van der Waals surface area contributed by atoms with Crippen molar-refractivity contribution in [1.29, 1.82) is 0 Å². The molecule has 1 N–H and O–H groups in total. The minimum atomic E-state index is -4.30. The lowest BCUT2D eigenvalue weighted by atomic mass is 9.96. The predicted octanol–water partition coefficient (Wildman–Crippen LogP) is 14.9. The number of benzene rings is 2. The van der Waals surface area contributed by atoms with Crippen molar-refractivity contribution in [3.8, 4) is 0 Å². The number of unbranched alkanes of at least 4 members (excludes halogenated alkanes) is 28. The van der Waals surface area contributed by atoms with Gasteiger partial charge in [0, 0.05) is 5.39 Å². The summed E-state index contributed by atoms with van der Waals surface area (Å²) in [5.41, 5.74) is 1.97. The molecule has 0 unspecified atom stereocenters. The smallest absolute Gasteiger partial charge is 0.282 e. The van der Waals surface area contributed by atoms with Crippen LogP contribution in [0.2, 0.25) is 0 Å². The number of aryl methyl sites for hydroxylation is 2. The molecule has 0 bridgehead atoms. The Hall–Kier alpha value is -1.39. The first-order valence-corrected chi connectivity index (χ1v) is 22.4. The Morgan fingerprint density at radius 2 is 0.729 bits per heavy atom. The van der Waals surface area contributed by atoms with Crippen molar-refractivity contribution in [2.24, 2.45) is 0 Å². The maximum Gasteiger partial charge on any atom is 0.295 e. The fraction of sp³-hybridized carbons (Fsp3) is 0.773. The van der Waals surface area contributed by atoms with Crippen molar-refractivity contribution < 1.29 is 13.0 Å². The van der Waals surface area contributed by atoms with Crippen molar-refractivity contribution in [3.63, 3.8) is 0 Å². The highest BCUT2D eigenvalue weighted by Gasteiger charge is 2.20. The third-order valence-corrected chi connectivity index (χ3v) is 11.5. The fourth-order valence-electron chi connectivity index (χ4n) is 7.53. The standard InChI is InChI=1S/C44H76O3S/c1-3-5-7-9-11-13-15-17-19-21-23-25-27-29-31-34-40-36-33-37-43-42(40)39-38-41(44(43)48(45,46)47)35-32-30-28-26-24-22-20-18-16-14-12-10-8-6-4-2/h33,36-39H,3-32,34-35H2,1-2H3,(H,45,46,47). The summed E-state index contributed by atoms with van der Waals surface area (Å²) in [7, 11) is -4.30. The normalized spacial score (nSPS) is 12.0. The van der Waals surface area contributed by atoms with Crippen LogP contribution in [-0.4, -0.2) is 13.0 Å². The monoisotopic (exact) mass is 685 g/mol. The van der Waals surface area contributed by atoms with E-state index in [1.165, 1.54) is 179 Å². The highest BCUT2D eigenvalue weighted by Crippen LogP contribution is 2.31. The molecule has 0 saturated carbocycles. The number of rotatable bonds is 33. The van der Waals surface area contributed by atoms with E-state index in [9.17, 15) is 13.0 Å². The van der Waals surface area contributed by atoms with Crippen LogP contribution in [0.25, 0.3) is 10.8 Å². The Morgan fingerprint density at radius 1 is 0.396 bits per heavy atom. The summed E-state index contributed by atoms with van der Waals surface area (Å²) in [5.74, 6) is 0. The van der Waals surface area contributed by atoms with Crippen LogP contribution in [-0.2, 0) is 23.0 Å². The van der Waals surface area contributed by atoms with E-state index in [4.69, 9.17) is 0 Å². The van der Waals surface area contributed by atoms with Gasteiger partial charge in [-0.05, 0) is 42.2 Å². The second-order valence-corrected chi connectivity index (χ2v) is 16.3. The molecule has 0 aromatic heterocycles. The molecule has 0 amide bonds. The largest absolute Gasteiger partial charge is 0.295 e. The van der Waals surface area contributed by atoms with Crippen molar-refractivity contribution in [3.05, 3.63) is 41.5 Å². The molecule has 0 aliphatic carbocycles. The lowest BCUT2D eigenvalue weighted by Crippen LogP contribution is -2.05. The van der Waals surface area contributed by atoms with E-state index in [0.29, 0.717) is 11.8 Å². The Labute approximate surface area is 298 Å². The molecule has 4 heteroatoms. The third kappa shape index (κ3) is 19.7. The van der Waals surface area contributed by atoms with Gasteiger partial charge in [-0.2, -0.15) is 8.42 Å². The first-order valence-electron chi connectivity index (χ1n) is 21.0. The van der Waals surface area contributed by atoms with Gasteiger partial charge in [0.15, 0.2) is 0 Å². The summed E-state index contributed by atoms with van der Waals surface area (Å²) in [5, 5.41) is 1.67. The molecule has 3 nitrogen and oxygen atoms in total. The molecule has 0 radical (unpaired) electrons. The number of hydrogen-bond acceptors (Lipinski definition) is 2. The van der Waals surface area contributed by atoms with Crippen LogP contribution in [0.4, 0.5) is 0 Å². The average molecular weight is 685 g/mol. The quantitative estimate of drug-likeness (QED) is 0.0601. The van der Waals surface area contributed by atoms with Gasteiger partial charge in [-0.15, -0.1) is 0 Å². The highest BCUT2D eigenvalue weighted by molar-refractivity contribution is 7.86. The molecule has 0 spiro atoms. The van der Waals surface area contributed by atoms with E-state index < -0.39 is 10.1 Å².